The minimum absolute atomic E-state index is 0.255. The molecule has 0 aromatic carbocycles. The summed E-state index contributed by atoms with van der Waals surface area (Å²) in [5.41, 5.74) is -0.255. The molecule has 0 atom stereocenters. The van der Waals surface area contributed by atoms with E-state index < -0.39 is 0 Å². The Morgan fingerprint density at radius 1 is 0.870 bits per heavy atom. The van der Waals surface area contributed by atoms with E-state index in [1.807, 2.05) is 26.8 Å². The lowest BCUT2D eigenvalue weighted by Crippen LogP contribution is -2.40. The lowest BCUT2D eigenvalue weighted by molar-refractivity contribution is -0.139. The maximum Gasteiger partial charge on any atom is 0.227 e. The molecule has 0 aliphatic rings. The van der Waals surface area contributed by atoms with Crippen molar-refractivity contribution in [2.45, 2.75) is 98.3 Å². The zero-order valence-electron chi connectivity index (χ0n) is 16.3. The normalized spacial score (nSPS) is 11.5. The average molecular weight is 324 g/mol. The summed E-state index contributed by atoms with van der Waals surface area (Å²) in [4.78, 5) is 14.7. The number of unbranched alkanes of at least 4 members (excludes halogenated alkanes) is 9. The molecule has 0 aliphatic carbocycles. The molecule has 136 valence electrons. The van der Waals surface area contributed by atoms with Gasteiger partial charge in [-0.05, 0) is 25.7 Å². The van der Waals surface area contributed by atoms with Crippen LogP contribution in [0.4, 0.5) is 0 Å². The number of allylic oxidation sites excluding steroid dienone is 1. The molecule has 0 aromatic rings. The van der Waals surface area contributed by atoms with Crippen molar-refractivity contribution in [3.05, 3.63) is 12.7 Å². The molecule has 0 heterocycles. The molecule has 0 aliphatic heterocycles. The second-order valence-electron chi connectivity index (χ2n) is 7.80. The number of carbonyl (C=O) groups is 1. The van der Waals surface area contributed by atoms with Crippen molar-refractivity contribution >= 4 is 5.91 Å². The van der Waals surface area contributed by atoms with Crippen LogP contribution in [-0.2, 0) is 4.79 Å². The van der Waals surface area contributed by atoms with E-state index in [1.165, 1.54) is 51.4 Å². The summed E-state index contributed by atoms with van der Waals surface area (Å²) in [5, 5.41) is 0. The van der Waals surface area contributed by atoms with Crippen LogP contribution in [0.25, 0.3) is 0 Å². The van der Waals surface area contributed by atoms with Crippen molar-refractivity contribution in [2.75, 3.05) is 13.1 Å². The molecule has 0 radical (unpaired) electrons. The Morgan fingerprint density at radius 3 is 1.83 bits per heavy atom. The number of hydrogen-bond acceptors (Lipinski definition) is 1. The van der Waals surface area contributed by atoms with Gasteiger partial charge < -0.3 is 4.90 Å². The Bertz CT molecular complexity index is 303. The molecule has 0 saturated heterocycles. The van der Waals surface area contributed by atoms with E-state index in [2.05, 4.69) is 18.4 Å². The summed E-state index contributed by atoms with van der Waals surface area (Å²) in [6.07, 6.45) is 15.7. The van der Waals surface area contributed by atoms with Crippen LogP contribution in [0.3, 0.4) is 0 Å². The quantitative estimate of drug-likeness (QED) is 0.269. The van der Waals surface area contributed by atoms with Gasteiger partial charge in [-0.25, -0.2) is 0 Å². The van der Waals surface area contributed by atoms with E-state index in [-0.39, 0.29) is 5.41 Å². The molecule has 0 N–H and O–H groups in total. The molecule has 1 amide bonds. The van der Waals surface area contributed by atoms with Crippen molar-refractivity contribution in [2.24, 2.45) is 5.41 Å². The van der Waals surface area contributed by atoms with E-state index in [9.17, 15) is 4.79 Å². The second-order valence-corrected chi connectivity index (χ2v) is 7.80. The van der Waals surface area contributed by atoms with Crippen LogP contribution >= 0.6 is 0 Å². The highest BCUT2D eigenvalue weighted by atomic mass is 16.2. The van der Waals surface area contributed by atoms with E-state index in [1.54, 1.807) is 0 Å². The van der Waals surface area contributed by atoms with Gasteiger partial charge in [-0.3, -0.25) is 4.79 Å². The van der Waals surface area contributed by atoms with Crippen molar-refractivity contribution < 1.29 is 4.79 Å². The zero-order chi connectivity index (χ0) is 17.6. The van der Waals surface area contributed by atoms with Crippen molar-refractivity contribution in [3.63, 3.8) is 0 Å². The number of rotatable bonds is 14. The van der Waals surface area contributed by atoms with Gasteiger partial charge >= 0.3 is 0 Å². The van der Waals surface area contributed by atoms with Gasteiger partial charge in [0.15, 0.2) is 0 Å². The van der Waals surface area contributed by atoms with E-state index in [4.69, 9.17) is 0 Å². The molecule has 0 aromatic heterocycles. The maximum absolute atomic E-state index is 12.6. The third-order valence-electron chi connectivity index (χ3n) is 4.30. The summed E-state index contributed by atoms with van der Waals surface area (Å²) >= 11 is 0. The molecular weight excluding hydrogens is 282 g/mol. The summed E-state index contributed by atoms with van der Waals surface area (Å²) in [6, 6.07) is 0. The zero-order valence-corrected chi connectivity index (χ0v) is 16.3. The highest BCUT2D eigenvalue weighted by Crippen LogP contribution is 2.19. The molecule has 2 nitrogen and oxygen atoms in total. The molecule has 23 heavy (non-hydrogen) atoms. The molecule has 0 bridgehead atoms. The third kappa shape index (κ3) is 12.3. The van der Waals surface area contributed by atoms with Crippen molar-refractivity contribution in [3.8, 4) is 0 Å². The monoisotopic (exact) mass is 323 g/mol. The first-order valence-corrected chi connectivity index (χ1v) is 9.83. The van der Waals surface area contributed by atoms with Crippen molar-refractivity contribution in [1.29, 1.82) is 0 Å². The summed E-state index contributed by atoms with van der Waals surface area (Å²) < 4.78 is 0. The number of carbonyl (C=O) groups excluding carboxylic acids is 1. The van der Waals surface area contributed by atoms with Crippen LogP contribution in [0.5, 0.6) is 0 Å². The van der Waals surface area contributed by atoms with Crippen LogP contribution in [-0.4, -0.2) is 23.9 Å². The molecule has 0 fully saturated rings. The van der Waals surface area contributed by atoms with Gasteiger partial charge in [0, 0.05) is 18.5 Å². The summed E-state index contributed by atoms with van der Waals surface area (Å²) in [6.45, 7) is 14.0. The molecule has 0 unspecified atom stereocenters. The SMILES string of the molecule is C=CCCCCCCCCN(CCCCCC)C(=O)C(C)(C)C. The largest absolute Gasteiger partial charge is 0.342 e. The Hall–Kier alpha value is -0.790. The Kier molecular flexibility index (Phi) is 13.2. The first-order valence-electron chi connectivity index (χ1n) is 9.83. The van der Waals surface area contributed by atoms with Gasteiger partial charge in [0.2, 0.25) is 5.91 Å². The van der Waals surface area contributed by atoms with Gasteiger partial charge in [0.1, 0.15) is 0 Å². The lowest BCUT2D eigenvalue weighted by atomic mass is 9.94. The van der Waals surface area contributed by atoms with Crippen LogP contribution in [0.2, 0.25) is 0 Å². The Labute approximate surface area is 145 Å². The minimum Gasteiger partial charge on any atom is -0.342 e. The highest BCUT2D eigenvalue weighted by Gasteiger charge is 2.26. The highest BCUT2D eigenvalue weighted by molar-refractivity contribution is 5.81. The first-order chi connectivity index (χ1) is 10.9. The smallest absolute Gasteiger partial charge is 0.227 e. The Balaban J connectivity index is 4.01. The second kappa shape index (κ2) is 13.6. The van der Waals surface area contributed by atoms with Gasteiger partial charge in [-0.15, -0.1) is 6.58 Å². The van der Waals surface area contributed by atoms with E-state index in [0.29, 0.717) is 5.91 Å². The van der Waals surface area contributed by atoms with Gasteiger partial charge in [0.05, 0.1) is 0 Å². The summed E-state index contributed by atoms with van der Waals surface area (Å²) in [7, 11) is 0. The van der Waals surface area contributed by atoms with Gasteiger partial charge in [-0.2, -0.15) is 0 Å². The maximum atomic E-state index is 12.6. The number of nitrogens with zero attached hydrogens (tertiary/aromatic N) is 1. The van der Waals surface area contributed by atoms with E-state index in [0.717, 1.165) is 32.4 Å². The van der Waals surface area contributed by atoms with Crippen molar-refractivity contribution in [1.82, 2.24) is 4.90 Å². The number of amides is 1. The topological polar surface area (TPSA) is 20.3 Å². The average Bonchev–Trinajstić information content (AvgIpc) is 2.50. The number of hydrogen-bond donors (Lipinski definition) is 0. The summed E-state index contributed by atoms with van der Waals surface area (Å²) in [5.74, 6) is 0.319. The predicted molar refractivity (Wildman–Crippen MR) is 103 cm³/mol. The Morgan fingerprint density at radius 2 is 1.35 bits per heavy atom. The first kappa shape index (κ1) is 22.2. The standard InChI is InChI=1S/C21H41NO/c1-6-8-10-12-13-14-15-17-19-22(18-16-11-9-7-2)20(23)21(3,4)5/h6H,1,7-19H2,2-5H3. The third-order valence-corrected chi connectivity index (χ3v) is 4.30. The molecule has 0 saturated carbocycles. The van der Waals surface area contributed by atoms with Crippen LogP contribution in [0.15, 0.2) is 12.7 Å². The molecule has 0 rings (SSSR count). The van der Waals surface area contributed by atoms with Crippen LogP contribution in [0, 0.1) is 5.41 Å². The van der Waals surface area contributed by atoms with Crippen LogP contribution in [0.1, 0.15) is 98.3 Å². The fourth-order valence-corrected chi connectivity index (χ4v) is 2.82. The minimum atomic E-state index is -0.255. The fraction of sp³-hybridized carbons (Fsp3) is 0.857. The van der Waals surface area contributed by atoms with E-state index >= 15 is 0 Å². The molecular formula is C21H41NO. The fourth-order valence-electron chi connectivity index (χ4n) is 2.82. The van der Waals surface area contributed by atoms with Gasteiger partial charge in [0.25, 0.3) is 0 Å². The van der Waals surface area contributed by atoms with Gasteiger partial charge in [-0.1, -0.05) is 78.7 Å². The van der Waals surface area contributed by atoms with Crippen LogP contribution < -0.4 is 0 Å². The molecule has 2 heteroatoms. The lowest BCUT2D eigenvalue weighted by Gasteiger charge is -2.29. The predicted octanol–water partition coefficient (Wildman–Crippen LogP) is 6.36. The molecule has 0 spiro atoms.